The molecule has 0 amide bonds. The Hall–Kier alpha value is -0.950. The molecule has 28 heavy (non-hydrogen) atoms. The van der Waals surface area contributed by atoms with Crippen LogP contribution in [0.25, 0.3) is 0 Å². The Balaban J connectivity index is 1.56. The molecule has 2 fully saturated rings. The number of ether oxygens (including phenoxy) is 1. The number of likely N-dealkylation sites (N-methyl/N-ethyl adjacent to an activating group) is 1. The highest BCUT2D eigenvalue weighted by atomic mass is 16.5. The van der Waals surface area contributed by atoms with Crippen LogP contribution < -0.4 is 0 Å². The minimum atomic E-state index is 0.730. The van der Waals surface area contributed by atoms with E-state index in [0.717, 1.165) is 38.2 Å². The van der Waals surface area contributed by atoms with Crippen molar-refractivity contribution in [1.29, 1.82) is 0 Å². The van der Waals surface area contributed by atoms with Crippen molar-refractivity contribution in [3.05, 3.63) is 18.0 Å². The molecule has 0 bridgehead atoms. The molecular weight excluding hydrogens is 350 g/mol. The molecule has 2 aliphatic heterocycles. The summed E-state index contributed by atoms with van der Waals surface area (Å²) in [4.78, 5) is 7.96. The summed E-state index contributed by atoms with van der Waals surface area (Å²) >= 11 is 0. The normalized spacial score (nSPS) is 22.5. The Kier molecular flexibility index (Phi) is 8.77. The number of hydrogen-bond acceptors (Lipinski definition) is 5. The monoisotopic (exact) mass is 391 g/mol. The first-order valence-electron chi connectivity index (χ1n) is 11.4. The van der Waals surface area contributed by atoms with Crippen LogP contribution in [0.5, 0.6) is 0 Å². The van der Waals surface area contributed by atoms with Crippen molar-refractivity contribution >= 4 is 0 Å². The van der Waals surface area contributed by atoms with E-state index in [-0.39, 0.29) is 0 Å². The smallest absolute Gasteiger partial charge is 0.0589 e. The van der Waals surface area contributed by atoms with E-state index >= 15 is 0 Å². The average molecular weight is 392 g/mol. The quantitative estimate of drug-likeness (QED) is 0.579. The van der Waals surface area contributed by atoms with E-state index in [1.807, 2.05) is 0 Å². The predicted molar refractivity (Wildman–Crippen MR) is 114 cm³/mol. The molecule has 6 heteroatoms. The van der Waals surface area contributed by atoms with Gasteiger partial charge in [-0.1, -0.05) is 6.92 Å². The highest BCUT2D eigenvalue weighted by Gasteiger charge is 2.27. The second kappa shape index (κ2) is 11.3. The van der Waals surface area contributed by atoms with Gasteiger partial charge < -0.3 is 9.64 Å². The van der Waals surface area contributed by atoms with E-state index < -0.39 is 0 Å². The Bertz CT molecular complexity index is 555. The van der Waals surface area contributed by atoms with Crippen LogP contribution in [0.3, 0.4) is 0 Å². The summed E-state index contributed by atoms with van der Waals surface area (Å²) in [5.41, 5.74) is 1.36. The summed E-state index contributed by atoms with van der Waals surface area (Å²) in [6, 6.07) is 0.730. The number of rotatable bonds is 11. The third kappa shape index (κ3) is 6.28. The number of hydrogen-bond donors (Lipinski definition) is 0. The van der Waals surface area contributed by atoms with E-state index in [1.54, 1.807) is 7.11 Å². The Morgan fingerprint density at radius 3 is 2.61 bits per heavy atom. The fourth-order valence-electron chi connectivity index (χ4n) is 4.92. The summed E-state index contributed by atoms with van der Waals surface area (Å²) < 4.78 is 7.30. The van der Waals surface area contributed by atoms with Crippen LogP contribution in [0.15, 0.2) is 12.4 Å². The second-order valence-electron chi connectivity index (χ2n) is 8.60. The molecule has 2 saturated heterocycles. The molecule has 1 atom stereocenters. The maximum Gasteiger partial charge on any atom is 0.0589 e. The van der Waals surface area contributed by atoms with Crippen LogP contribution >= 0.6 is 0 Å². The predicted octanol–water partition coefficient (Wildman–Crippen LogP) is 2.55. The number of aromatic nitrogens is 2. The maximum atomic E-state index is 5.25. The molecule has 0 aliphatic carbocycles. The van der Waals surface area contributed by atoms with Gasteiger partial charge in [-0.05, 0) is 64.7 Å². The molecule has 0 N–H and O–H groups in total. The molecule has 3 rings (SSSR count). The third-order valence-electron chi connectivity index (χ3n) is 6.63. The summed E-state index contributed by atoms with van der Waals surface area (Å²) in [7, 11) is 1.80. The first-order valence-corrected chi connectivity index (χ1v) is 11.4. The van der Waals surface area contributed by atoms with Gasteiger partial charge in [0, 0.05) is 57.6 Å². The average Bonchev–Trinajstić information content (AvgIpc) is 3.36. The van der Waals surface area contributed by atoms with Crippen molar-refractivity contribution < 1.29 is 4.74 Å². The highest BCUT2D eigenvalue weighted by molar-refractivity contribution is 5.04. The molecule has 3 heterocycles. The van der Waals surface area contributed by atoms with E-state index in [9.17, 15) is 0 Å². The van der Waals surface area contributed by atoms with E-state index in [1.165, 1.54) is 70.5 Å². The lowest BCUT2D eigenvalue weighted by Gasteiger charge is -2.36. The van der Waals surface area contributed by atoms with Gasteiger partial charge >= 0.3 is 0 Å². The lowest BCUT2D eigenvalue weighted by atomic mass is 9.95. The molecule has 160 valence electrons. The fraction of sp³-hybridized carbons (Fsp3) is 0.864. The summed E-state index contributed by atoms with van der Waals surface area (Å²) in [6.07, 6.45) is 9.64. The molecular formula is C22H41N5O. The number of likely N-dealkylation sites (tertiary alicyclic amines) is 2. The van der Waals surface area contributed by atoms with Gasteiger partial charge in [0.05, 0.1) is 12.8 Å². The Morgan fingerprint density at radius 2 is 1.93 bits per heavy atom. The van der Waals surface area contributed by atoms with Gasteiger partial charge in [0.25, 0.3) is 0 Å². The van der Waals surface area contributed by atoms with Crippen molar-refractivity contribution in [3.63, 3.8) is 0 Å². The van der Waals surface area contributed by atoms with Crippen molar-refractivity contribution in [2.45, 2.75) is 58.7 Å². The van der Waals surface area contributed by atoms with Gasteiger partial charge in [-0.3, -0.25) is 14.5 Å². The van der Waals surface area contributed by atoms with E-state index in [2.05, 4.69) is 50.7 Å². The van der Waals surface area contributed by atoms with Crippen LogP contribution in [-0.2, 0) is 17.8 Å². The summed E-state index contributed by atoms with van der Waals surface area (Å²) in [5.74, 6) is 0.816. The molecule has 1 aromatic heterocycles. The van der Waals surface area contributed by atoms with Crippen LogP contribution in [0.2, 0.25) is 0 Å². The van der Waals surface area contributed by atoms with Crippen LogP contribution in [0, 0.1) is 5.92 Å². The standard InChI is InChI=1S/C22H41N5O/c1-4-26-10-6-7-22(26)19-25(17-21-15-23-27(5-2)18-21)16-20-8-11-24(12-9-20)13-14-28-3/h15,18,20,22H,4-14,16-17,19H2,1-3H3. The highest BCUT2D eigenvalue weighted by Crippen LogP contribution is 2.23. The van der Waals surface area contributed by atoms with Gasteiger partial charge in [0.15, 0.2) is 0 Å². The molecule has 0 aromatic carbocycles. The molecule has 0 spiro atoms. The second-order valence-corrected chi connectivity index (χ2v) is 8.60. The van der Waals surface area contributed by atoms with Crippen molar-refractivity contribution in [2.75, 3.05) is 59.5 Å². The molecule has 0 radical (unpaired) electrons. The minimum absolute atomic E-state index is 0.730. The van der Waals surface area contributed by atoms with Crippen LogP contribution in [-0.4, -0.2) is 90.1 Å². The minimum Gasteiger partial charge on any atom is -0.383 e. The van der Waals surface area contributed by atoms with Gasteiger partial charge in [-0.15, -0.1) is 0 Å². The Labute approximate surface area is 171 Å². The van der Waals surface area contributed by atoms with Gasteiger partial charge in [0.1, 0.15) is 0 Å². The Morgan fingerprint density at radius 1 is 1.11 bits per heavy atom. The lowest BCUT2D eigenvalue weighted by molar-refractivity contribution is 0.0964. The van der Waals surface area contributed by atoms with Crippen LogP contribution in [0.4, 0.5) is 0 Å². The van der Waals surface area contributed by atoms with E-state index in [0.29, 0.717) is 0 Å². The molecule has 1 aromatic rings. The molecule has 1 unspecified atom stereocenters. The van der Waals surface area contributed by atoms with Crippen molar-refractivity contribution in [3.8, 4) is 0 Å². The van der Waals surface area contributed by atoms with Crippen molar-refractivity contribution in [1.82, 2.24) is 24.5 Å². The maximum absolute atomic E-state index is 5.25. The number of aryl methyl sites for hydroxylation is 1. The van der Waals surface area contributed by atoms with E-state index in [4.69, 9.17) is 4.74 Å². The lowest BCUT2D eigenvalue weighted by Crippen LogP contribution is -2.44. The zero-order chi connectivity index (χ0) is 19.8. The van der Waals surface area contributed by atoms with Gasteiger partial charge in [0.2, 0.25) is 0 Å². The van der Waals surface area contributed by atoms with Crippen LogP contribution in [0.1, 0.15) is 45.1 Å². The fourth-order valence-corrected chi connectivity index (χ4v) is 4.92. The number of methoxy groups -OCH3 is 1. The first-order chi connectivity index (χ1) is 13.7. The van der Waals surface area contributed by atoms with Gasteiger partial charge in [-0.25, -0.2) is 0 Å². The SMILES string of the molecule is CCN1CCCC1CN(Cc1cnn(CC)c1)CC1CCN(CCOC)CC1. The number of nitrogens with zero attached hydrogens (tertiary/aromatic N) is 5. The first kappa shape index (κ1) is 21.8. The summed E-state index contributed by atoms with van der Waals surface area (Å²) in [5, 5.41) is 4.50. The zero-order valence-electron chi connectivity index (χ0n) is 18.4. The third-order valence-corrected chi connectivity index (χ3v) is 6.63. The zero-order valence-corrected chi connectivity index (χ0v) is 18.4. The molecule has 2 aliphatic rings. The molecule has 6 nitrogen and oxygen atoms in total. The van der Waals surface area contributed by atoms with Gasteiger partial charge in [-0.2, -0.15) is 5.10 Å². The summed E-state index contributed by atoms with van der Waals surface area (Å²) in [6.45, 7) is 15.7. The number of piperidine rings is 1. The largest absolute Gasteiger partial charge is 0.383 e. The topological polar surface area (TPSA) is 36.8 Å². The molecule has 0 saturated carbocycles. The van der Waals surface area contributed by atoms with Crippen molar-refractivity contribution in [2.24, 2.45) is 5.92 Å².